The van der Waals surface area contributed by atoms with E-state index in [9.17, 15) is 4.79 Å². The first-order chi connectivity index (χ1) is 13.4. The van der Waals surface area contributed by atoms with Crippen LogP contribution in [0.25, 0.3) is 0 Å². The van der Waals surface area contributed by atoms with Crippen LogP contribution in [0.3, 0.4) is 0 Å². The van der Waals surface area contributed by atoms with E-state index < -0.39 is 0 Å². The lowest BCUT2D eigenvalue weighted by molar-refractivity contribution is -0.115. The van der Waals surface area contributed by atoms with E-state index in [2.05, 4.69) is 52.9 Å². The van der Waals surface area contributed by atoms with E-state index in [-0.39, 0.29) is 11.2 Å². The molecular formula is C20H19N5OS2. The van der Waals surface area contributed by atoms with Gasteiger partial charge >= 0.3 is 0 Å². The monoisotopic (exact) mass is 409 g/mol. The molecule has 2 aromatic carbocycles. The second kappa shape index (κ2) is 8.87. The molecule has 1 aromatic heterocycles. The highest BCUT2D eigenvalue weighted by Crippen LogP contribution is 2.31. The molecule has 28 heavy (non-hydrogen) atoms. The van der Waals surface area contributed by atoms with Gasteiger partial charge in [-0.25, -0.2) is 0 Å². The van der Waals surface area contributed by atoms with Crippen molar-refractivity contribution >= 4 is 45.5 Å². The van der Waals surface area contributed by atoms with E-state index in [0.29, 0.717) is 20.7 Å². The van der Waals surface area contributed by atoms with Crippen LogP contribution in [0.4, 0.5) is 16.5 Å². The van der Waals surface area contributed by atoms with Crippen molar-refractivity contribution in [3.05, 3.63) is 59.2 Å². The summed E-state index contributed by atoms with van der Waals surface area (Å²) in [5, 5.41) is 23.6. The van der Waals surface area contributed by atoms with Gasteiger partial charge in [0.1, 0.15) is 0 Å². The molecule has 0 aliphatic heterocycles. The summed E-state index contributed by atoms with van der Waals surface area (Å²) in [5.41, 5.74) is 4.62. The van der Waals surface area contributed by atoms with Gasteiger partial charge < -0.3 is 10.6 Å². The quantitative estimate of drug-likeness (QED) is 0.563. The molecule has 6 nitrogen and oxygen atoms in total. The highest BCUT2D eigenvalue weighted by molar-refractivity contribution is 8.02. The lowest BCUT2D eigenvalue weighted by Crippen LogP contribution is -2.22. The Hall–Kier alpha value is -2.89. The van der Waals surface area contributed by atoms with Gasteiger partial charge in [-0.1, -0.05) is 29.2 Å². The maximum Gasteiger partial charge on any atom is 0.237 e. The van der Waals surface area contributed by atoms with Gasteiger partial charge in [-0.2, -0.15) is 5.26 Å². The van der Waals surface area contributed by atoms with Crippen LogP contribution in [0.2, 0.25) is 0 Å². The smallest absolute Gasteiger partial charge is 0.237 e. The number of anilines is 3. The Morgan fingerprint density at radius 1 is 1.11 bits per heavy atom. The summed E-state index contributed by atoms with van der Waals surface area (Å²) in [6.07, 6.45) is 0. The van der Waals surface area contributed by atoms with Crippen LogP contribution in [0.5, 0.6) is 0 Å². The number of benzene rings is 2. The SMILES string of the molecule is Cc1ccc(Nc2nnc(S[C@H](C)C(=O)Nc3ccc(C#N)cc3)s2)cc1C. The van der Waals surface area contributed by atoms with E-state index >= 15 is 0 Å². The Labute approximate surface area is 172 Å². The summed E-state index contributed by atoms with van der Waals surface area (Å²) in [6.45, 7) is 5.96. The molecule has 8 heteroatoms. The number of nitrogens with zero attached hydrogens (tertiary/aromatic N) is 3. The van der Waals surface area contributed by atoms with Crippen molar-refractivity contribution in [2.24, 2.45) is 0 Å². The van der Waals surface area contributed by atoms with Crippen LogP contribution < -0.4 is 10.6 Å². The van der Waals surface area contributed by atoms with Gasteiger partial charge in [-0.3, -0.25) is 4.79 Å². The van der Waals surface area contributed by atoms with Crippen LogP contribution in [0.1, 0.15) is 23.6 Å². The fourth-order valence-corrected chi connectivity index (χ4v) is 4.24. The topological polar surface area (TPSA) is 90.7 Å². The molecule has 1 atom stereocenters. The average Bonchev–Trinajstić information content (AvgIpc) is 3.12. The fraction of sp³-hybridized carbons (Fsp3) is 0.200. The maximum atomic E-state index is 12.4. The number of aryl methyl sites for hydroxylation is 2. The van der Waals surface area contributed by atoms with E-state index in [1.807, 2.05) is 13.0 Å². The molecule has 0 aliphatic carbocycles. The Morgan fingerprint density at radius 3 is 2.50 bits per heavy atom. The number of aromatic nitrogens is 2. The van der Waals surface area contributed by atoms with Crippen LogP contribution in [-0.4, -0.2) is 21.4 Å². The summed E-state index contributed by atoms with van der Waals surface area (Å²) in [4.78, 5) is 12.4. The molecule has 142 valence electrons. The third-order valence-electron chi connectivity index (χ3n) is 4.09. The third kappa shape index (κ3) is 5.09. The van der Waals surface area contributed by atoms with Gasteiger partial charge in [0.25, 0.3) is 0 Å². The van der Waals surface area contributed by atoms with Gasteiger partial charge in [0.2, 0.25) is 11.0 Å². The molecule has 0 aliphatic rings. The van der Waals surface area contributed by atoms with E-state index in [1.165, 1.54) is 34.2 Å². The lowest BCUT2D eigenvalue weighted by atomic mass is 10.1. The Bertz CT molecular complexity index is 1020. The molecule has 2 N–H and O–H groups in total. The van der Waals surface area contributed by atoms with Crippen molar-refractivity contribution in [2.45, 2.75) is 30.4 Å². The van der Waals surface area contributed by atoms with Crippen LogP contribution in [0, 0.1) is 25.2 Å². The van der Waals surface area contributed by atoms with E-state index in [1.54, 1.807) is 24.3 Å². The molecule has 3 rings (SSSR count). The highest BCUT2D eigenvalue weighted by Gasteiger charge is 2.17. The first-order valence-electron chi connectivity index (χ1n) is 8.60. The summed E-state index contributed by atoms with van der Waals surface area (Å²) >= 11 is 2.76. The summed E-state index contributed by atoms with van der Waals surface area (Å²) in [7, 11) is 0. The van der Waals surface area contributed by atoms with Gasteiger partial charge in [-0.05, 0) is 68.3 Å². The number of carbonyl (C=O) groups excluding carboxylic acids is 1. The second-order valence-electron chi connectivity index (χ2n) is 6.24. The summed E-state index contributed by atoms with van der Waals surface area (Å²) in [6, 6.07) is 14.9. The Morgan fingerprint density at radius 2 is 1.82 bits per heavy atom. The van der Waals surface area contributed by atoms with Crippen LogP contribution in [-0.2, 0) is 4.79 Å². The van der Waals surface area contributed by atoms with E-state index in [0.717, 1.165) is 5.69 Å². The molecule has 0 spiro atoms. The minimum absolute atomic E-state index is 0.131. The number of carbonyl (C=O) groups is 1. The molecule has 3 aromatic rings. The third-order valence-corrected chi connectivity index (χ3v) is 6.12. The fourth-order valence-electron chi connectivity index (χ4n) is 2.33. The zero-order chi connectivity index (χ0) is 20.1. The molecule has 0 saturated carbocycles. The predicted octanol–water partition coefficient (Wildman–Crippen LogP) is 4.89. The number of hydrogen-bond acceptors (Lipinski definition) is 7. The number of rotatable bonds is 6. The molecule has 0 bridgehead atoms. The van der Waals surface area contributed by atoms with Crippen molar-refractivity contribution in [2.75, 3.05) is 10.6 Å². The molecule has 1 amide bonds. The lowest BCUT2D eigenvalue weighted by Gasteiger charge is -2.10. The Kier molecular flexibility index (Phi) is 6.29. The Balaban J connectivity index is 1.58. The van der Waals surface area contributed by atoms with Crippen molar-refractivity contribution in [1.82, 2.24) is 10.2 Å². The number of thioether (sulfide) groups is 1. The molecule has 0 fully saturated rings. The van der Waals surface area contributed by atoms with Crippen molar-refractivity contribution in [3.8, 4) is 6.07 Å². The normalized spacial score (nSPS) is 11.5. The minimum atomic E-state index is -0.335. The van der Waals surface area contributed by atoms with Crippen LogP contribution in [0.15, 0.2) is 46.8 Å². The van der Waals surface area contributed by atoms with E-state index in [4.69, 9.17) is 5.26 Å². The van der Waals surface area contributed by atoms with Crippen LogP contribution >= 0.6 is 23.1 Å². The minimum Gasteiger partial charge on any atom is -0.330 e. The van der Waals surface area contributed by atoms with Gasteiger partial charge in [0.05, 0.1) is 16.9 Å². The number of nitriles is 1. The average molecular weight is 410 g/mol. The van der Waals surface area contributed by atoms with Gasteiger partial charge in [0.15, 0.2) is 4.34 Å². The van der Waals surface area contributed by atoms with Gasteiger partial charge in [0, 0.05) is 11.4 Å². The first-order valence-corrected chi connectivity index (χ1v) is 10.3. The number of nitrogens with one attached hydrogen (secondary N) is 2. The zero-order valence-corrected chi connectivity index (χ0v) is 17.3. The number of hydrogen-bond donors (Lipinski definition) is 2. The highest BCUT2D eigenvalue weighted by atomic mass is 32.2. The zero-order valence-electron chi connectivity index (χ0n) is 15.7. The molecule has 1 heterocycles. The molecular weight excluding hydrogens is 390 g/mol. The first kappa shape index (κ1) is 19.9. The molecule has 0 radical (unpaired) electrons. The van der Waals surface area contributed by atoms with Gasteiger partial charge in [-0.15, -0.1) is 10.2 Å². The standard InChI is InChI=1S/C20H19N5OS2/c1-12-4-7-17(10-13(12)2)23-19-24-25-20(28-19)27-14(3)18(26)22-16-8-5-15(11-21)6-9-16/h4-10,14H,1-3H3,(H,22,26)(H,23,24)/t14-/m1/s1. The van der Waals surface area contributed by atoms with Crippen molar-refractivity contribution < 1.29 is 4.79 Å². The summed E-state index contributed by atoms with van der Waals surface area (Å²) < 4.78 is 0.716. The predicted molar refractivity (Wildman–Crippen MR) is 114 cm³/mol. The second-order valence-corrected chi connectivity index (χ2v) is 8.80. The molecule has 0 unspecified atom stereocenters. The largest absolute Gasteiger partial charge is 0.330 e. The summed E-state index contributed by atoms with van der Waals surface area (Å²) in [5.74, 6) is -0.131. The number of amides is 1. The van der Waals surface area contributed by atoms with Crippen molar-refractivity contribution in [3.63, 3.8) is 0 Å². The molecule has 0 saturated heterocycles. The van der Waals surface area contributed by atoms with Crippen molar-refractivity contribution in [1.29, 1.82) is 5.26 Å². The maximum absolute atomic E-state index is 12.4.